The first-order valence-corrected chi connectivity index (χ1v) is 9.15. The molecule has 1 aromatic heterocycles. The number of piperidine rings is 1. The van der Waals surface area contributed by atoms with E-state index in [2.05, 4.69) is 20.6 Å². The van der Waals surface area contributed by atoms with E-state index in [1.54, 1.807) is 4.90 Å². The van der Waals surface area contributed by atoms with Gasteiger partial charge in [0.25, 0.3) is 0 Å². The Morgan fingerprint density at radius 1 is 1.30 bits per heavy atom. The fraction of sp³-hybridized carbons (Fsp3) is 0.706. The van der Waals surface area contributed by atoms with Gasteiger partial charge < -0.3 is 20.3 Å². The summed E-state index contributed by atoms with van der Waals surface area (Å²) in [6.45, 7) is 3.72. The number of rotatable bonds is 4. The van der Waals surface area contributed by atoms with Crippen LogP contribution >= 0.6 is 0 Å². The molecular formula is C17H24F3N5O2. The number of halogens is 3. The number of alkyl halides is 3. The summed E-state index contributed by atoms with van der Waals surface area (Å²) in [5.74, 6) is 0.365. The molecule has 1 aromatic rings. The van der Waals surface area contributed by atoms with Gasteiger partial charge in [0.1, 0.15) is 17.3 Å². The number of carbonyl (C=O) groups is 1. The first-order chi connectivity index (χ1) is 12.8. The maximum Gasteiger partial charge on any atom is 0.433 e. The zero-order valence-corrected chi connectivity index (χ0v) is 15.2. The van der Waals surface area contributed by atoms with E-state index in [0.717, 1.165) is 25.5 Å². The normalized spacial score (nSPS) is 21.3. The van der Waals surface area contributed by atoms with Crippen LogP contribution in [0.15, 0.2) is 6.07 Å². The molecule has 27 heavy (non-hydrogen) atoms. The Morgan fingerprint density at radius 3 is 2.67 bits per heavy atom. The number of anilines is 1. The van der Waals surface area contributed by atoms with Gasteiger partial charge in [-0.25, -0.2) is 14.8 Å². The van der Waals surface area contributed by atoms with Crippen molar-refractivity contribution in [3.63, 3.8) is 0 Å². The highest BCUT2D eigenvalue weighted by atomic mass is 19.4. The molecule has 7 nitrogen and oxygen atoms in total. The first kappa shape index (κ1) is 19.7. The van der Waals surface area contributed by atoms with Gasteiger partial charge in [-0.15, -0.1) is 0 Å². The highest BCUT2D eigenvalue weighted by Crippen LogP contribution is 2.30. The SMILES string of the molecule is Cc1nc(N2CCC(NC(=O)NCC3CCCO3)CC2)cc(C(F)(F)F)n1. The third-order valence-corrected chi connectivity index (χ3v) is 4.78. The lowest BCUT2D eigenvalue weighted by Gasteiger charge is -2.33. The van der Waals surface area contributed by atoms with E-state index in [0.29, 0.717) is 32.5 Å². The molecule has 2 aliphatic heterocycles. The van der Waals surface area contributed by atoms with Crippen LogP contribution in [-0.4, -0.2) is 54.4 Å². The third-order valence-electron chi connectivity index (χ3n) is 4.78. The largest absolute Gasteiger partial charge is 0.433 e. The molecule has 150 valence electrons. The summed E-state index contributed by atoms with van der Waals surface area (Å²) in [5.41, 5.74) is -0.932. The molecule has 2 amide bonds. The van der Waals surface area contributed by atoms with Crippen molar-refractivity contribution in [2.45, 2.75) is 50.9 Å². The van der Waals surface area contributed by atoms with Gasteiger partial charge in [0.05, 0.1) is 6.10 Å². The van der Waals surface area contributed by atoms with Crippen molar-refractivity contribution >= 4 is 11.8 Å². The van der Waals surface area contributed by atoms with E-state index in [-0.39, 0.29) is 29.8 Å². The minimum atomic E-state index is -4.50. The number of hydrogen-bond acceptors (Lipinski definition) is 5. The van der Waals surface area contributed by atoms with Gasteiger partial charge in [0.2, 0.25) is 0 Å². The van der Waals surface area contributed by atoms with Crippen molar-refractivity contribution in [2.75, 3.05) is 31.1 Å². The van der Waals surface area contributed by atoms with Crippen molar-refractivity contribution in [3.8, 4) is 0 Å². The highest BCUT2D eigenvalue weighted by molar-refractivity contribution is 5.74. The molecule has 2 aliphatic rings. The monoisotopic (exact) mass is 387 g/mol. The number of carbonyl (C=O) groups excluding carboxylic acids is 1. The Bertz CT molecular complexity index is 656. The molecule has 0 radical (unpaired) electrons. The second-order valence-corrected chi connectivity index (χ2v) is 6.91. The zero-order chi connectivity index (χ0) is 19.4. The molecule has 0 saturated carbocycles. The molecule has 2 N–H and O–H groups in total. The van der Waals surface area contributed by atoms with E-state index >= 15 is 0 Å². The number of nitrogens with one attached hydrogen (secondary N) is 2. The number of nitrogens with zero attached hydrogens (tertiary/aromatic N) is 3. The van der Waals surface area contributed by atoms with Crippen LogP contribution in [0.1, 0.15) is 37.2 Å². The van der Waals surface area contributed by atoms with Crippen molar-refractivity contribution in [2.24, 2.45) is 0 Å². The fourth-order valence-corrected chi connectivity index (χ4v) is 3.36. The number of aryl methyl sites for hydroxylation is 1. The van der Waals surface area contributed by atoms with Crippen molar-refractivity contribution in [3.05, 3.63) is 17.6 Å². The number of ether oxygens (including phenoxy) is 1. The van der Waals surface area contributed by atoms with E-state index < -0.39 is 11.9 Å². The Balaban J connectivity index is 1.48. The predicted octanol–water partition coefficient (Wildman–Crippen LogP) is 2.25. The van der Waals surface area contributed by atoms with E-state index in [9.17, 15) is 18.0 Å². The van der Waals surface area contributed by atoms with Gasteiger partial charge in [0.15, 0.2) is 0 Å². The van der Waals surface area contributed by atoms with Crippen LogP contribution in [0.2, 0.25) is 0 Å². The minimum absolute atomic E-state index is 0.0178. The molecule has 0 aliphatic carbocycles. The van der Waals surface area contributed by atoms with E-state index in [1.165, 1.54) is 6.92 Å². The van der Waals surface area contributed by atoms with Crippen molar-refractivity contribution < 1.29 is 22.7 Å². The quantitative estimate of drug-likeness (QED) is 0.829. The Morgan fingerprint density at radius 2 is 2.04 bits per heavy atom. The van der Waals surface area contributed by atoms with Gasteiger partial charge in [-0.05, 0) is 32.6 Å². The summed E-state index contributed by atoms with van der Waals surface area (Å²) in [6, 6.07) is 0.728. The standard InChI is InChI=1S/C17H24F3N5O2/c1-11-22-14(17(18,19)20)9-15(23-11)25-6-4-12(5-7-25)24-16(26)21-10-13-3-2-8-27-13/h9,12-13H,2-8,10H2,1H3,(H2,21,24,26). The van der Waals surface area contributed by atoms with Gasteiger partial charge >= 0.3 is 12.2 Å². The highest BCUT2D eigenvalue weighted by Gasteiger charge is 2.34. The fourth-order valence-electron chi connectivity index (χ4n) is 3.36. The van der Waals surface area contributed by atoms with Crippen LogP contribution in [0, 0.1) is 6.92 Å². The second-order valence-electron chi connectivity index (χ2n) is 6.91. The summed E-state index contributed by atoms with van der Waals surface area (Å²) < 4.78 is 44.3. The molecule has 0 spiro atoms. The van der Waals surface area contributed by atoms with Gasteiger partial charge in [-0.3, -0.25) is 0 Å². The molecule has 0 aromatic carbocycles. The minimum Gasteiger partial charge on any atom is -0.376 e. The van der Waals surface area contributed by atoms with Gasteiger partial charge in [-0.1, -0.05) is 0 Å². The molecule has 3 rings (SSSR count). The number of hydrogen-bond donors (Lipinski definition) is 2. The third kappa shape index (κ3) is 5.44. The number of aromatic nitrogens is 2. The Kier molecular flexibility index (Phi) is 6.03. The summed E-state index contributed by atoms with van der Waals surface area (Å²) in [5, 5.41) is 5.73. The first-order valence-electron chi connectivity index (χ1n) is 9.15. The smallest absolute Gasteiger partial charge is 0.376 e. The predicted molar refractivity (Wildman–Crippen MR) is 92.5 cm³/mol. The van der Waals surface area contributed by atoms with Crippen LogP contribution in [0.3, 0.4) is 0 Å². The molecule has 2 fully saturated rings. The maximum absolute atomic E-state index is 12.9. The van der Waals surface area contributed by atoms with Crippen molar-refractivity contribution in [1.29, 1.82) is 0 Å². The second kappa shape index (κ2) is 8.28. The average molecular weight is 387 g/mol. The molecule has 1 atom stereocenters. The molecule has 1 unspecified atom stereocenters. The lowest BCUT2D eigenvalue weighted by molar-refractivity contribution is -0.141. The van der Waals surface area contributed by atoms with Crippen molar-refractivity contribution in [1.82, 2.24) is 20.6 Å². The molecule has 2 saturated heterocycles. The van der Waals surface area contributed by atoms with Crippen LogP contribution in [0.25, 0.3) is 0 Å². The Labute approximate surface area is 155 Å². The summed E-state index contributed by atoms with van der Waals surface area (Å²) in [6.07, 6.45) is -1.16. The number of urea groups is 1. The number of amides is 2. The lowest BCUT2D eigenvalue weighted by atomic mass is 10.1. The van der Waals surface area contributed by atoms with Crippen LogP contribution in [0.4, 0.5) is 23.8 Å². The molecule has 3 heterocycles. The maximum atomic E-state index is 12.9. The average Bonchev–Trinajstić information content (AvgIpc) is 3.13. The zero-order valence-electron chi connectivity index (χ0n) is 15.2. The van der Waals surface area contributed by atoms with Crippen LogP contribution < -0.4 is 15.5 Å². The van der Waals surface area contributed by atoms with Gasteiger partial charge in [-0.2, -0.15) is 13.2 Å². The van der Waals surface area contributed by atoms with Crippen LogP contribution in [-0.2, 0) is 10.9 Å². The molecule has 0 bridgehead atoms. The lowest BCUT2D eigenvalue weighted by Crippen LogP contribution is -2.49. The molecule has 10 heteroatoms. The van der Waals surface area contributed by atoms with E-state index in [1.807, 2.05) is 0 Å². The molecular weight excluding hydrogens is 363 g/mol. The topological polar surface area (TPSA) is 79.4 Å². The Hall–Kier alpha value is -2.10. The van der Waals surface area contributed by atoms with E-state index in [4.69, 9.17) is 4.74 Å². The summed E-state index contributed by atoms with van der Waals surface area (Å²) in [4.78, 5) is 21.4. The summed E-state index contributed by atoms with van der Waals surface area (Å²) >= 11 is 0. The summed E-state index contributed by atoms with van der Waals surface area (Å²) in [7, 11) is 0. The van der Waals surface area contributed by atoms with Crippen LogP contribution in [0.5, 0.6) is 0 Å². The van der Waals surface area contributed by atoms with Gasteiger partial charge in [0, 0.05) is 38.3 Å².